The number of nitriles is 1. The van der Waals surface area contributed by atoms with Crippen molar-refractivity contribution >= 4 is 11.7 Å². The SMILES string of the molecule is C[C@H](NC(=O)OC(C)(C)C)c1cn2ncc(C#N)cc2n1. The molecule has 7 nitrogen and oxygen atoms in total. The molecule has 0 aliphatic carbocycles. The van der Waals surface area contributed by atoms with Crippen LogP contribution in [0.5, 0.6) is 0 Å². The summed E-state index contributed by atoms with van der Waals surface area (Å²) in [5, 5.41) is 15.6. The number of hydrogen-bond acceptors (Lipinski definition) is 5. The molecule has 1 N–H and O–H groups in total. The number of amides is 1. The minimum Gasteiger partial charge on any atom is -0.444 e. The molecule has 0 saturated heterocycles. The second-order valence-corrected chi connectivity index (χ2v) is 5.69. The standard InChI is InChI=1S/C14H17N5O2/c1-9(17-13(20)21-14(2,3)4)11-8-19-12(18-11)5-10(6-15)7-16-19/h5,7-9H,1-4H3,(H,17,20)/t9-/m0/s1. The van der Waals surface area contributed by atoms with Gasteiger partial charge in [-0.25, -0.2) is 14.3 Å². The number of fused-ring (bicyclic) bond motifs is 1. The average molecular weight is 287 g/mol. The third kappa shape index (κ3) is 3.69. The Labute approximate surface area is 122 Å². The largest absolute Gasteiger partial charge is 0.444 e. The van der Waals surface area contributed by atoms with Crippen molar-refractivity contribution in [3.63, 3.8) is 0 Å². The van der Waals surface area contributed by atoms with E-state index in [2.05, 4.69) is 15.4 Å². The van der Waals surface area contributed by atoms with E-state index >= 15 is 0 Å². The summed E-state index contributed by atoms with van der Waals surface area (Å²) in [6, 6.07) is 3.32. The van der Waals surface area contributed by atoms with Gasteiger partial charge in [-0.2, -0.15) is 10.4 Å². The van der Waals surface area contributed by atoms with Gasteiger partial charge in [0.1, 0.15) is 11.7 Å². The van der Waals surface area contributed by atoms with E-state index in [0.29, 0.717) is 16.9 Å². The predicted molar refractivity (Wildman–Crippen MR) is 75.5 cm³/mol. The number of nitrogens with zero attached hydrogens (tertiary/aromatic N) is 4. The van der Waals surface area contributed by atoms with Crippen LogP contribution in [0.1, 0.15) is 45.0 Å². The van der Waals surface area contributed by atoms with Gasteiger partial charge in [0.2, 0.25) is 0 Å². The maximum atomic E-state index is 11.7. The van der Waals surface area contributed by atoms with Crippen molar-refractivity contribution in [1.29, 1.82) is 5.26 Å². The number of carbonyl (C=O) groups excluding carboxylic acids is 1. The first kappa shape index (κ1) is 14.8. The Morgan fingerprint density at radius 2 is 2.24 bits per heavy atom. The number of rotatable bonds is 2. The normalized spacial score (nSPS) is 12.7. The lowest BCUT2D eigenvalue weighted by atomic mass is 10.2. The summed E-state index contributed by atoms with van der Waals surface area (Å²) in [6.07, 6.45) is 2.67. The number of alkyl carbamates (subject to hydrolysis) is 1. The molecule has 0 aliphatic rings. The Balaban J connectivity index is 2.14. The highest BCUT2D eigenvalue weighted by Gasteiger charge is 2.19. The van der Waals surface area contributed by atoms with Crippen LogP contribution < -0.4 is 5.32 Å². The molecule has 0 saturated carbocycles. The molecule has 2 heterocycles. The molecule has 0 aromatic carbocycles. The highest BCUT2D eigenvalue weighted by Crippen LogP contribution is 2.14. The Kier molecular flexibility index (Phi) is 3.80. The summed E-state index contributed by atoms with van der Waals surface area (Å²) in [7, 11) is 0. The summed E-state index contributed by atoms with van der Waals surface area (Å²) >= 11 is 0. The van der Waals surface area contributed by atoms with Crippen molar-refractivity contribution < 1.29 is 9.53 Å². The Hall–Kier alpha value is -2.62. The van der Waals surface area contributed by atoms with Crippen LogP contribution in [-0.2, 0) is 4.74 Å². The third-order valence-electron chi connectivity index (χ3n) is 2.64. The van der Waals surface area contributed by atoms with Crippen LogP contribution in [0, 0.1) is 11.3 Å². The second kappa shape index (κ2) is 5.40. The molecule has 0 spiro atoms. The van der Waals surface area contributed by atoms with E-state index < -0.39 is 11.7 Å². The summed E-state index contributed by atoms with van der Waals surface area (Å²) in [5.74, 6) is 0. The van der Waals surface area contributed by atoms with Crippen LogP contribution >= 0.6 is 0 Å². The first-order chi connectivity index (χ1) is 9.78. The fraction of sp³-hybridized carbons (Fsp3) is 0.429. The molecule has 1 amide bonds. The van der Waals surface area contributed by atoms with Gasteiger partial charge in [0.25, 0.3) is 0 Å². The lowest BCUT2D eigenvalue weighted by Crippen LogP contribution is -2.34. The van der Waals surface area contributed by atoms with Crippen LogP contribution in [0.2, 0.25) is 0 Å². The number of aromatic nitrogens is 3. The summed E-state index contributed by atoms with van der Waals surface area (Å²) in [6.45, 7) is 7.21. The van der Waals surface area contributed by atoms with Gasteiger partial charge in [0.15, 0.2) is 5.65 Å². The molecule has 0 bridgehead atoms. The van der Waals surface area contributed by atoms with E-state index in [0.717, 1.165) is 0 Å². The third-order valence-corrected chi connectivity index (χ3v) is 2.64. The quantitative estimate of drug-likeness (QED) is 0.914. The Morgan fingerprint density at radius 3 is 2.86 bits per heavy atom. The van der Waals surface area contributed by atoms with Gasteiger partial charge < -0.3 is 10.1 Å². The highest BCUT2D eigenvalue weighted by molar-refractivity contribution is 5.68. The van der Waals surface area contributed by atoms with Gasteiger partial charge in [-0.05, 0) is 27.7 Å². The van der Waals surface area contributed by atoms with Gasteiger partial charge in [-0.3, -0.25) is 0 Å². The Morgan fingerprint density at radius 1 is 1.52 bits per heavy atom. The number of ether oxygens (including phenoxy) is 1. The van der Waals surface area contributed by atoms with Crippen molar-refractivity contribution in [1.82, 2.24) is 19.9 Å². The van der Waals surface area contributed by atoms with Crippen LogP contribution in [0.25, 0.3) is 5.65 Å². The van der Waals surface area contributed by atoms with E-state index in [1.807, 2.05) is 6.07 Å². The van der Waals surface area contributed by atoms with Crippen LogP contribution in [0.15, 0.2) is 18.5 Å². The molecule has 110 valence electrons. The second-order valence-electron chi connectivity index (χ2n) is 5.69. The Bertz CT molecular complexity index is 708. The number of hydrogen-bond donors (Lipinski definition) is 1. The first-order valence-corrected chi connectivity index (χ1v) is 6.53. The van der Waals surface area contributed by atoms with Gasteiger partial charge >= 0.3 is 6.09 Å². The number of carbonyl (C=O) groups is 1. The van der Waals surface area contributed by atoms with Gasteiger partial charge in [-0.1, -0.05) is 0 Å². The zero-order chi connectivity index (χ0) is 15.6. The van der Waals surface area contributed by atoms with Crippen molar-refractivity contribution in [2.75, 3.05) is 0 Å². The van der Waals surface area contributed by atoms with Crippen molar-refractivity contribution in [2.45, 2.75) is 39.3 Å². The molecule has 7 heteroatoms. The molecule has 1 atom stereocenters. The average Bonchev–Trinajstić information content (AvgIpc) is 2.78. The van der Waals surface area contributed by atoms with E-state index in [1.54, 1.807) is 44.5 Å². The fourth-order valence-corrected chi connectivity index (χ4v) is 1.72. The van der Waals surface area contributed by atoms with E-state index in [4.69, 9.17) is 10.00 Å². The van der Waals surface area contributed by atoms with Gasteiger partial charge in [0.05, 0.1) is 29.7 Å². The van der Waals surface area contributed by atoms with Crippen LogP contribution in [0.4, 0.5) is 4.79 Å². The molecular weight excluding hydrogens is 270 g/mol. The van der Waals surface area contributed by atoms with Crippen molar-refractivity contribution in [3.8, 4) is 6.07 Å². The highest BCUT2D eigenvalue weighted by atomic mass is 16.6. The molecule has 0 unspecified atom stereocenters. The smallest absolute Gasteiger partial charge is 0.408 e. The predicted octanol–water partition coefficient (Wildman–Crippen LogP) is 2.19. The maximum absolute atomic E-state index is 11.7. The summed E-state index contributed by atoms with van der Waals surface area (Å²) < 4.78 is 6.76. The topological polar surface area (TPSA) is 92.3 Å². The van der Waals surface area contributed by atoms with Crippen LogP contribution in [-0.4, -0.2) is 26.3 Å². The zero-order valence-electron chi connectivity index (χ0n) is 12.4. The molecule has 0 fully saturated rings. The summed E-state index contributed by atoms with van der Waals surface area (Å²) in [5.41, 5.74) is 1.09. The monoisotopic (exact) mass is 287 g/mol. The molecule has 0 aliphatic heterocycles. The van der Waals surface area contributed by atoms with Crippen LogP contribution in [0.3, 0.4) is 0 Å². The lowest BCUT2D eigenvalue weighted by Gasteiger charge is -2.21. The van der Waals surface area contributed by atoms with Gasteiger partial charge in [0, 0.05) is 6.07 Å². The van der Waals surface area contributed by atoms with Crippen molar-refractivity contribution in [3.05, 3.63) is 29.7 Å². The minimum absolute atomic E-state index is 0.327. The van der Waals surface area contributed by atoms with Crippen molar-refractivity contribution in [2.24, 2.45) is 0 Å². The zero-order valence-corrected chi connectivity index (χ0v) is 12.4. The maximum Gasteiger partial charge on any atom is 0.408 e. The van der Waals surface area contributed by atoms with E-state index in [-0.39, 0.29) is 6.04 Å². The molecular formula is C14H17N5O2. The number of imidazole rings is 1. The van der Waals surface area contributed by atoms with E-state index in [1.165, 1.54) is 6.20 Å². The first-order valence-electron chi connectivity index (χ1n) is 6.53. The number of nitrogens with one attached hydrogen (secondary N) is 1. The molecule has 2 aromatic rings. The fourth-order valence-electron chi connectivity index (χ4n) is 1.72. The van der Waals surface area contributed by atoms with E-state index in [9.17, 15) is 4.79 Å². The van der Waals surface area contributed by atoms with Gasteiger partial charge in [-0.15, -0.1) is 0 Å². The summed E-state index contributed by atoms with van der Waals surface area (Å²) in [4.78, 5) is 16.1. The molecule has 2 rings (SSSR count). The molecule has 2 aromatic heterocycles. The lowest BCUT2D eigenvalue weighted by molar-refractivity contribution is 0.0507. The molecule has 0 radical (unpaired) electrons. The minimum atomic E-state index is -0.550. The molecule has 21 heavy (non-hydrogen) atoms.